The molecular formula is C14H17N3O5. The van der Waals surface area contributed by atoms with Crippen LogP contribution in [0.5, 0.6) is 5.75 Å². The maximum Gasteiger partial charge on any atom is 0.339 e. The molecule has 0 bridgehead atoms. The van der Waals surface area contributed by atoms with E-state index in [0.29, 0.717) is 44.1 Å². The Morgan fingerprint density at radius 1 is 1.36 bits per heavy atom. The zero-order valence-corrected chi connectivity index (χ0v) is 12.2. The van der Waals surface area contributed by atoms with Gasteiger partial charge in [0.05, 0.1) is 12.6 Å². The molecule has 118 valence electrons. The summed E-state index contributed by atoms with van der Waals surface area (Å²) < 4.78 is 10.6. The van der Waals surface area contributed by atoms with Crippen LogP contribution in [0.1, 0.15) is 12.2 Å². The molecule has 0 spiro atoms. The van der Waals surface area contributed by atoms with Gasteiger partial charge >= 0.3 is 17.7 Å². The number of urea groups is 2. The van der Waals surface area contributed by atoms with Crippen LogP contribution in [0.4, 0.5) is 9.59 Å². The first-order valence-corrected chi connectivity index (χ1v) is 7.15. The lowest BCUT2D eigenvalue weighted by Gasteiger charge is -2.21. The fourth-order valence-electron chi connectivity index (χ4n) is 2.66. The molecule has 4 amide bonds. The fourth-order valence-corrected chi connectivity index (χ4v) is 2.66. The van der Waals surface area contributed by atoms with Gasteiger partial charge in [0.2, 0.25) is 0 Å². The summed E-state index contributed by atoms with van der Waals surface area (Å²) in [7, 11) is 0. The van der Waals surface area contributed by atoms with Gasteiger partial charge in [-0.3, -0.25) is 0 Å². The number of hydrogen-bond acceptors (Lipinski definition) is 5. The van der Waals surface area contributed by atoms with E-state index in [9.17, 15) is 14.4 Å². The topological polar surface area (TPSA) is 92.1 Å². The Morgan fingerprint density at radius 2 is 2.18 bits per heavy atom. The number of hydrogen-bond donors (Lipinski definition) is 1. The van der Waals surface area contributed by atoms with E-state index >= 15 is 0 Å². The van der Waals surface area contributed by atoms with Gasteiger partial charge in [-0.2, -0.15) is 0 Å². The van der Waals surface area contributed by atoms with Gasteiger partial charge in [0.25, 0.3) is 0 Å². The van der Waals surface area contributed by atoms with Crippen LogP contribution in [0.25, 0.3) is 0 Å². The maximum atomic E-state index is 12.2. The van der Waals surface area contributed by atoms with E-state index in [1.165, 1.54) is 11.0 Å². The molecule has 1 aromatic rings. The highest BCUT2D eigenvalue weighted by atomic mass is 16.5. The van der Waals surface area contributed by atoms with E-state index in [0.717, 1.165) is 0 Å². The molecule has 2 aliphatic rings. The van der Waals surface area contributed by atoms with Gasteiger partial charge in [-0.15, -0.1) is 0 Å². The monoisotopic (exact) mass is 307 g/mol. The first-order chi connectivity index (χ1) is 10.5. The second kappa shape index (κ2) is 5.70. The molecule has 8 nitrogen and oxygen atoms in total. The molecule has 2 aliphatic heterocycles. The summed E-state index contributed by atoms with van der Waals surface area (Å²) in [6.07, 6.45) is 0.455. The number of nitrogens with one attached hydrogen (secondary N) is 1. The quantitative estimate of drug-likeness (QED) is 0.861. The minimum Gasteiger partial charge on any atom is -0.488 e. The maximum absolute atomic E-state index is 12.2. The van der Waals surface area contributed by atoms with Crippen molar-refractivity contribution in [2.75, 3.05) is 26.2 Å². The van der Waals surface area contributed by atoms with Crippen molar-refractivity contribution in [3.05, 3.63) is 28.3 Å². The molecule has 0 radical (unpaired) electrons. The molecule has 1 aromatic heterocycles. The van der Waals surface area contributed by atoms with Crippen molar-refractivity contribution in [2.24, 2.45) is 0 Å². The van der Waals surface area contributed by atoms with Gasteiger partial charge in [-0.25, -0.2) is 19.3 Å². The van der Waals surface area contributed by atoms with Crippen LogP contribution in [0.2, 0.25) is 0 Å². The molecular weight excluding hydrogens is 290 g/mol. The zero-order valence-electron chi connectivity index (χ0n) is 12.2. The third kappa shape index (κ3) is 2.90. The predicted molar refractivity (Wildman–Crippen MR) is 75.8 cm³/mol. The Morgan fingerprint density at radius 3 is 2.86 bits per heavy atom. The molecule has 0 aromatic carbocycles. The molecule has 0 aliphatic carbocycles. The molecule has 0 unspecified atom stereocenters. The van der Waals surface area contributed by atoms with E-state index in [1.807, 2.05) is 0 Å². The van der Waals surface area contributed by atoms with E-state index < -0.39 is 5.63 Å². The number of amides is 4. The van der Waals surface area contributed by atoms with E-state index in [1.54, 1.807) is 17.9 Å². The second-order valence-electron chi connectivity index (χ2n) is 5.36. The highest BCUT2D eigenvalue weighted by molar-refractivity contribution is 5.95. The van der Waals surface area contributed by atoms with Crippen molar-refractivity contribution in [1.29, 1.82) is 0 Å². The highest BCUT2D eigenvalue weighted by Crippen LogP contribution is 2.19. The highest BCUT2D eigenvalue weighted by Gasteiger charge is 2.35. The number of carbonyl (C=O) groups excluding carboxylic acids is 2. The van der Waals surface area contributed by atoms with Crippen molar-refractivity contribution < 1.29 is 18.7 Å². The van der Waals surface area contributed by atoms with Crippen molar-refractivity contribution in [3.63, 3.8) is 0 Å². The Balaban J connectivity index is 1.61. The van der Waals surface area contributed by atoms with Crippen LogP contribution in [-0.4, -0.2) is 54.1 Å². The third-order valence-corrected chi connectivity index (χ3v) is 3.67. The lowest BCUT2D eigenvalue weighted by atomic mass is 10.3. The van der Waals surface area contributed by atoms with Gasteiger partial charge in [-0.1, -0.05) is 0 Å². The molecule has 2 fully saturated rings. The molecule has 1 atom stereocenters. The molecule has 3 heterocycles. The lowest BCUT2D eigenvalue weighted by molar-refractivity contribution is 0.161. The SMILES string of the molecule is Cc1cc(O[C@H]2CCN(C(=O)N3CCNC3=O)C2)cc(=O)o1. The average Bonchev–Trinajstić information content (AvgIpc) is 3.06. The zero-order chi connectivity index (χ0) is 15.7. The molecule has 2 saturated heterocycles. The van der Waals surface area contributed by atoms with Crippen molar-refractivity contribution in [3.8, 4) is 5.75 Å². The number of aryl methyl sites for hydroxylation is 1. The summed E-state index contributed by atoms with van der Waals surface area (Å²) in [6, 6.07) is 2.26. The first kappa shape index (κ1) is 14.4. The normalized spacial score (nSPS) is 21.1. The number of rotatable bonds is 2. The molecule has 8 heteroatoms. The minimum atomic E-state index is -0.463. The summed E-state index contributed by atoms with van der Waals surface area (Å²) in [5, 5.41) is 2.60. The van der Waals surface area contributed by atoms with Crippen molar-refractivity contribution in [2.45, 2.75) is 19.4 Å². The number of carbonyl (C=O) groups is 2. The van der Waals surface area contributed by atoms with E-state index in [2.05, 4.69) is 5.32 Å². The van der Waals surface area contributed by atoms with Gasteiger partial charge in [0.1, 0.15) is 17.6 Å². The van der Waals surface area contributed by atoms with E-state index in [4.69, 9.17) is 9.15 Å². The Bertz CT molecular complexity index is 656. The molecule has 22 heavy (non-hydrogen) atoms. The van der Waals surface area contributed by atoms with Crippen molar-refractivity contribution >= 4 is 12.1 Å². The number of likely N-dealkylation sites (tertiary alicyclic amines) is 1. The van der Waals surface area contributed by atoms with Gasteiger partial charge < -0.3 is 19.4 Å². The Kier molecular flexibility index (Phi) is 3.74. The summed E-state index contributed by atoms with van der Waals surface area (Å²) in [5.41, 5.74) is -0.463. The minimum absolute atomic E-state index is 0.198. The number of ether oxygens (including phenoxy) is 1. The summed E-state index contributed by atoms with van der Waals surface area (Å²) in [4.78, 5) is 37.8. The number of nitrogens with zero attached hydrogens (tertiary/aromatic N) is 2. The number of imide groups is 1. The molecule has 1 N–H and O–H groups in total. The van der Waals surface area contributed by atoms with Crippen LogP contribution < -0.4 is 15.7 Å². The van der Waals surface area contributed by atoms with Crippen LogP contribution in [-0.2, 0) is 0 Å². The van der Waals surface area contributed by atoms with Crippen LogP contribution in [0.15, 0.2) is 21.3 Å². The largest absolute Gasteiger partial charge is 0.488 e. The van der Waals surface area contributed by atoms with Crippen LogP contribution in [0, 0.1) is 6.92 Å². The van der Waals surface area contributed by atoms with Gasteiger partial charge in [-0.05, 0) is 6.92 Å². The van der Waals surface area contributed by atoms with Crippen LogP contribution in [0.3, 0.4) is 0 Å². The summed E-state index contributed by atoms with van der Waals surface area (Å²) in [6.45, 7) is 3.45. The van der Waals surface area contributed by atoms with Gasteiger partial charge in [0.15, 0.2) is 0 Å². The summed E-state index contributed by atoms with van der Waals surface area (Å²) >= 11 is 0. The lowest BCUT2D eigenvalue weighted by Crippen LogP contribution is -2.44. The average molecular weight is 307 g/mol. The standard InChI is InChI=1S/C14H17N3O5/c1-9-6-11(7-12(18)21-9)22-10-2-4-16(8-10)14(20)17-5-3-15-13(17)19/h6-7,10H,2-5,8H2,1H3,(H,15,19)/t10-/m0/s1. The van der Waals surface area contributed by atoms with Crippen LogP contribution >= 0.6 is 0 Å². The molecule has 0 saturated carbocycles. The Hall–Kier alpha value is -2.51. The predicted octanol–water partition coefficient (Wildman–Crippen LogP) is 0.547. The van der Waals surface area contributed by atoms with E-state index in [-0.39, 0.29) is 18.2 Å². The third-order valence-electron chi connectivity index (χ3n) is 3.67. The summed E-state index contributed by atoms with van der Waals surface area (Å²) in [5.74, 6) is 0.911. The van der Waals surface area contributed by atoms with Crippen molar-refractivity contribution in [1.82, 2.24) is 15.1 Å². The van der Waals surface area contributed by atoms with Gasteiger partial charge in [0, 0.05) is 32.1 Å². The second-order valence-corrected chi connectivity index (χ2v) is 5.36. The first-order valence-electron chi connectivity index (χ1n) is 7.15. The Labute approximate surface area is 126 Å². The fraction of sp³-hybridized carbons (Fsp3) is 0.500. The smallest absolute Gasteiger partial charge is 0.339 e. The molecule has 3 rings (SSSR count).